The highest BCUT2D eigenvalue weighted by atomic mass is 32.2. The molecule has 1 aliphatic carbocycles. The normalized spacial score (nSPS) is 24.4. The molecule has 134 valence electrons. The van der Waals surface area contributed by atoms with Gasteiger partial charge in [-0.3, -0.25) is 14.8 Å². The van der Waals surface area contributed by atoms with Crippen LogP contribution in [0.3, 0.4) is 0 Å². The number of hydrogen-bond acceptors (Lipinski definition) is 5. The first kappa shape index (κ1) is 19.2. The lowest BCUT2D eigenvalue weighted by molar-refractivity contribution is -0.137. The molecule has 0 saturated carbocycles. The first-order chi connectivity index (χ1) is 11.9. The zero-order valence-electron chi connectivity index (χ0n) is 14.0. The summed E-state index contributed by atoms with van der Waals surface area (Å²) in [6.45, 7) is 1.37. The summed E-state index contributed by atoms with van der Waals surface area (Å²) in [7, 11) is 0. The molecule has 1 aromatic carbocycles. The molecule has 0 bridgehead atoms. The minimum atomic E-state index is -1.24. The number of hydrogen-bond donors (Lipinski definition) is 4. The maximum absolute atomic E-state index is 12.7. The summed E-state index contributed by atoms with van der Waals surface area (Å²) < 4.78 is -0.978. The van der Waals surface area contributed by atoms with E-state index >= 15 is 0 Å². The van der Waals surface area contributed by atoms with Crippen LogP contribution < -0.4 is 10.8 Å². The summed E-state index contributed by atoms with van der Waals surface area (Å²) in [6.07, 6.45) is 8.11. The Labute approximate surface area is 151 Å². The number of rotatable bonds is 6. The Kier molecular flexibility index (Phi) is 6.41. The van der Waals surface area contributed by atoms with Gasteiger partial charge in [0, 0.05) is 5.92 Å². The molecule has 6 nitrogen and oxygen atoms in total. The van der Waals surface area contributed by atoms with Crippen molar-refractivity contribution in [2.45, 2.75) is 29.7 Å². The van der Waals surface area contributed by atoms with Crippen molar-refractivity contribution in [1.29, 1.82) is 0 Å². The van der Waals surface area contributed by atoms with E-state index < -0.39 is 28.7 Å². The monoisotopic (exact) mass is 362 g/mol. The lowest BCUT2D eigenvalue weighted by Gasteiger charge is -2.30. The van der Waals surface area contributed by atoms with E-state index in [4.69, 9.17) is 5.21 Å². The molecule has 4 N–H and O–H groups in total. The summed E-state index contributed by atoms with van der Waals surface area (Å²) in [4.78, 5) is 24.3. The van der Waals surface area contributed by atoms with Gasteiger partial charge in [-0.2, -0.15) is 0 Å². The number of thioether (sulfide) groups is 1. The molecule has 0 spiro atoms. The molecule has 0 radical (unpaired) electrons. The predicted octanol–water partition coefficient (Wildman–Crippen LogP) is 1.37. The molecule has 0 unspecified atom stereocenters. The minimum Gasteiger partial charge on any atom is -0.391 e. The number of amides is 2. The van der Waals surface area contributed by atoms with Gasteiger partial charge in [0.25, 0.3) is 5.91 Å². The molecule has 2 atom stereocenters. The van der Waals surface area contributed by atoms with Gasteiger partial charge in [0.1, 0.15) is 10.8 Å². The number of carbonyl (C=O) groups excluding carboxylic acids is 2. The second-order valence-corrected chi connectivity index (χ2v) is 6.90. The van der Waals surface area contributed by atoms with Crippen LogP contribution in [0.15, 0.2) is 54.6 Å². The van der Waals surface area contributed by atoms with Gasteiger partial charge >= 0.3 is 0 Å². The lowest BCUT2D eigenvalue weighted by atomic mass is 9.89. The number of aliphatic hydroxyl groups excluding tert-OH is 1. The molecule has 2 amide bonds. The highest BCUT2D eigenvalue weighted by Crippen LogP contribution is 2.34. The van der Waals surface area contributed by atoms with Crippen LogP contribution in [0.1, 0.15) is 18.4 Å². The van der Waals surface area contributed by atoms with E-state index in [-0.39, 0.29) is 5.92 Å². The van der Waals surface area contributed by atoms with Gasteiger partial charge in [-0.15, -0.1) is 11.8 Å². The van der Waals surface area contributed by atoms with Gasteiger partial charge in [0.15, 0.2) is 0 Å². The topological polar surface area (TPSA) is 98.7 Å². The third-order valence-corrected chi connectivity index (χ3v) is 5.27. The van der Waals surface area contributed by atoms with Gasteiger partial charge < -0.3 is 10.4 Å². The van der Waals surface area contributed by atoms with Crippen LogP contribution in [-0.2, 0) is 9.59 Å². The van der Waals surface area contributed by atoms with E-state index in [2.05, 4.69) is 5.32 Å². The van der Waals surface area contributed by atoms with Crippen molar-refractivity contribution < 1.29 is 19.9 Å². The quantitative estimate of drug-likeness (QED) is 0.348. The first-order valence-corrected chi connectivity index (χ1v) is 9.08. The molecule has 0 aliphatic heterocycles. The van der Waals surface area contributed by atoms with Gasteiger partial charge in [-0.1, -0.05) is 54.6 Å². The van der Waals surface area contributed by atoms with Crippen LogP contribution in [0.4, 0.5) is 0 Å². The predicted molar refractivity (Wildman–Crippen MR) is 97.2 cm³/mol. The highest BCUT2D eigenvalue weighted by Gasteiger charge is 2.38. The zero-order valence-corrected chi connectivity index (χ0v) is 14.9. The summed E-state index contributed by atoms with van der Waals surface area (Å²) >= 11 is 1.31. The Morgan fingerprint density at radius 2 is 1.80 bits per heavy atom. The Morgan fingerprint density at radius 1 is 1.20 bits per heavy atom. The second-order valence-electron chi connectivity index (χ2n) is 5.82. The number of allylic oxidation sites excluding steroid dienone is 2. The van der Waals surface area contributed by atoms with Crippen LogP contribution in [-0.4, -0.2) is 45.3 Å². The first-order valence-electron chi connectivity index (χ1n) is 7.85. The van der Waals surface area contributed by atoms with E-state index in [0.29, 0.717) is 0 Å². The average Bonchev–Trinajstić information content (AvgIpc) is 2.65. The molecule has 0 heterocycles. The molecule has 1 aromatic rings. The molecule has 1 aliphatic rings. The summed E-state index contributed by atoms with van der Waals surface area (Å²) in [5.74, 6) is -1.23. The molecular formula is C18H22N2O4S. The molecule has 0 aromatic heterocycles. The summed E-state index contributed by atoms with van der Waals surface area (Å²) in [5.41, 5.74) is 2.57. The zero-order chi connectivity index (χ0) is 18.4. The largest absolute Gasteiger partial charge is 0.391 e. The lowest BCUT2D eigenvalue weighted by Crippen LogP contribution is -2.56. The molecule has 7 heteroatoms. The Morgan fingerprint density at radius 3 is 2.28 bits per heavy atom. The molecule has 2 rings (SSSR count). The fourth-order valence-corrected chi connectivity index (χ4v) is 3.29. The van der Waals surface area contributed by atoms with Crippen LogP contribution >= 0.6 is 11.8 Å². The maximum atomic E-state index is 12.7. The number of nitrogens with one attached hydrogen (secondary N) is 2. The van der Waals surface area contributed by atoms with E-state index in [1.165, 1.54) is 24.2 Å². The van der Waals surface area contributed by atoms with E-state index in [1.807, 2.05) is 42.5 Å². The fraction of sp³-hybridized carbons (Fsp3) is 0.333. The van der Waals surface area contributed by atoms with Gasteiger partial charge in [0.05, 0.1) is 6.10 Å². The fourth-order valence-electron chi connectivity index (χ4n) is 2.62. The van der Waals surface area contributed by atoms with E-state index in [9.17, 15) is 14.7 Å². The van der Waals surface area contributed by atoms with Crippen molar-refractivity contribution in [2.24, 2.45) is 0 Å². The van der Waals surface area contributed by atoms with Gasteiger partial charge in [-0.25, -0.2) is 5.48 Å². The van der Waals surface area contributed by atoms with Crippen molar-refractivity contribution in [1.82, 2.24) is 10.8 Å². The molecular weight excluding hydrogens is 340 g/mol. The Balaban J connectivity index is 2.17. The van der Waals surface area contributed by atoms with Crippen molar-refractivity contribution >= 4 is 23.6 Å². The third-order valence-electron chi connectivity index (χ3n) is 4.14. The Bertz CT molecular complexity index is 659. The van der Waals surface area contributed by atoms with Crippen LogP contribution in [0.5, 0.6) is 0 Å². The molecule has 0 saturated heterocycles. The SMILES string of the molecule is CSC1(C(=O)N[C@H](C(=O)NO)[C@@H](C)O)C=CC(c2ccccc2)C=C1. The van der Waals surface area contributed by atoms with Crippen LogP contribution in [0.25, 0.3) is 0 Å². The van der Waals surface area contributed by atoms with Crippen molar-refractivity contribution in [2.75, 3.05) is 6.26 Å². The maximum Gasteiger partial charge on any atom is 0.268 e. The number of hydroxylamine groups is 1. The average molecular weight is 362 g/mol. The smallest absolute Gasteiger partial charge is 0.268 e. The second kappa shape index (κ2) is 8.33. The number of aliphatic hydroxyl groups is 1. The van der Waals surface area contributed by atoms with Crippen LogP contribution in [0, 0.1) is 0 Å². The van der Waals surface area contributed by atoms with Crippen molar-refractivity contribution in [3.05, 3.63) is 60.2 Å². The third kappa shape index (κ3) is 4.31. The summed E-state index contributed by atoms with van der Waals surface area (Å²) in [6, 6.07) is 8.65. The van der Waals surface area contributed by atoms with Gasteiger partial charge in [-0.05, 0) is 18.7 Å². The number of carbonyl (C=O) groups is 2. The minimum absolute atomic E-state index is 0.0718. The Hall–Kier alpha value is -2.09. The molecule has 25 heavy (non-hydrogen) atoms. The highest BCUT2D eigenvalue weighted by molar-refractivity contribution is 8.01. The van der Waals surface area contributed by atoms with Crippen LogP contribution in [0.2, 0.25) is 0 Å². The van der Waals surface area contributed by atoms with Gasteiger partial charge in [0.2, 0.25) is 5.91 Å². The van der Waals surface area contributed by atoms with Crippen molar-refractivity contribution in [3.63, 3.8) is 0 Å². The summed E-state index contributed by atoms with van der Waals surface area (Å²) in [5, 5.41) is 20.9. The van der Waals surface area contributed by atoms with E-state index in [1.54, 1.807) is 18.4 Å². The van der Waals surface area contributed by atoms with E-state index in [0.717, 1.165) is 5.56 Å². The van der Waals surface area contributed by atoms with Crippen molar-refractivity contribution in [3.8, 4) is 0 Å². The number of benzene rings is 1. The molecule has 0 fully saturated rings. The standard InChI is InChI=1S/C18H22N2O4S/c1-12(21)15(16(22)20-24)19-17(23)18(25-2)10-8-14(9-11-18)13-6-4-3-5-7-13/h3-12,14-15,21,24H,1-2H3,(H,19,23)(H,20,22)/t12-,14?,15+,18?/m1/s1.